The first kappa shape index (κ1) is 10.5. The van der Waals surface area contributed by atoms with Gasteiger partial charge in [0.05, 0.1) is 17.5 Å². The summed E-state index contributed by atoms with van der Waals surface area (Å²) in [5.74, 6) is -0.183. The average Bonchev–Trinajstić information content (AvgIpc) is 2.97. The molecule has 0 radical (unpaired) electrons. The number of anilines is 1. The van der Waals surface area contributed by atoms with E-state index in [2.05, 4.69) is 15.6 Å². The molecular weight excluding hydrogens is 238 g/mol. The van der Waals surface area contributed by atoms with E-state index in [4.69, 9.17) is 4.42 Å². The van der Waals surface area contributed by atoms with Crippen LogP contribution >= 0.6 is 11.3 Å². The minimum absolute atomic E-state index is 0.183. The number of hydrogen-bond donors (Lipinski definition) is 2. The second-order valence-electron chi connectivity index (χ2n) is 3.78. The Kier molecular flexibility index (Phi) is 2.66. The standard InChI is InChI=1S/C11H11N3O2S/c15-10(7-2-4-16-6-7)14-11-13-8-1-3-12-5-9(8)17-11/h2,4,6,12H,1,3,5H2,(H,13,14,15). The maximum atomic E-state index is 11.8. The minimum atomic E-state index is -0.183. The Balaban J connectivity index is 1.77. The van der Waals surface area contributed by atoms with Gasteiger partial charge in [-0.3, -0.25) is 10.1 Å². The van der Waals surface area contributed by atoms with Gasteiger partial charge >= 0.3 is 0 Å². The van der Waals surface area contributed by atoms with Crippen LogP contribution in [-0.4, -0.2) is 17.4 Å². The van der Waals surface area contributed by atoms with E-state index in [0.717, 1.165) is 25.2 Å². The maximum absolute atomic E-state index is 11.8. The molecule has 6 heteroatoms. The molecule has 0 bridgehead atoms. The minimum Gasteiger partial charge on any atom is -0.472 e. The van der Waals surface area contributed by atoms with E-state index < -0.39 is 0 Å². The molecule has 17 heavy (non-hydrogen) atoms. The summed E-state index contributed by atoms with van der Waals surface area (Å²) in [6, 6.07) is 1.63. The highest BCUT2D eigenvalue weighted by Crippen LogP contribution is 2.25. The lowest BCUT2D eigenvalue weighted by Gasteiger charge is -2.09. The summed E-state index contributed by atoms with van der Waals surface area (Å²) in [7, 11) is 0. The third-order valence-electron chi connectivity index (χ3n) is 2.61. The molecule has 2 N–H and O–H groups in total. The molecule has 0 unspecified atom stereocenters. The molecule has 0 saturated carbocycles. The first-order valence-electron chi connectivity index (χ1n) is 5.36. The van der Waals surface area contributed by atoms with E-state index >= 15 is 0 Å². The Morgan fingerprint density at radius 3 is 3.29 bits per heavy atom. The summed E-state index contributed by atoms with van der Waals surface area (Å²) in [5.41, 5.74) is 1.60. The zero-order valence-electron chi connectivity index (χ0n) is 9.03. The van der Waals surface area contributed by atoms with Crippen LogP contribution in [0, 0.1) is 0 Å². The van der Waals surface area contributed by atoms with Crippen LogP contribution < -0.4 is 10.6 Å². The number of fused-ring (bicyclic) bond motifs is 1. The Hall–Kier alpha value is -1.66. The smallest absolute Gasteiger partial charge is 0.260 e. The molecule has 1 aliphatic rings. The Bertz CT molecular complexity index is 509. The summed E-state index contributed by atoms with van der Waals surface area (Å²) in [4.78, 5) is 17.4. The molecule has 1 aliphatic heterocycles. The van der Waals surface area contributed by atoms with E-state index in [-0.39, 0.29) is 5.91 Å². The molecule has 3 heterocycles. The molecule has 88 valence electrons. The lowest BCUT2D eigenvalue weighted by molar-refractivity contribution is 0.102. The summed E-state index contributed by atoms with van der Waals surface area (Å²) >= 11 is 1.52. The van der Waals surface area contributed by atoms with Crippen molar-refractivity contribution in [3.63, 3.8) is 0 Å². The summed E-state index contributed by atoms with van der Waals surface area (Å²) in [5, 5.41) is 6.72. The molecule has 0 aliphatic carbocycles. The van der Waals surface area contributed by atoms with Crippen molar-refractivity contribution < 1.29 is 9.21 Å². The molecule has 0 saturated heterocycles. The van der Waals surface area contributed by atoms with Crippen molar-refractivity contribution in [3.05, 3.63) is 34.7 Å². The topological polar surface area (TPSA) is 67.2 Å². The fraction of sp³-hybridized carbons (Fsp3) is 0.273. The number of aromatic nitrogens is 1. The number of nitrogens with zero attached hydrogens (tertiary/aromatic N) is 1. The molecule has 3 rings (SSSR count). The average molecular weight is 249 g/mol. The maximum Gasteiger partial charge on any atom is 0.260 e. The highest BCUT2D eigenvalue weighted by atomic mass is 32.1. The zero-order chi connectivity index (χ0) is 11.7. The number of carbonyl (C=O) groups excluding carboxylic acids is 1. The third kappa shape index (κ3) is 2.09. The Labute approximate surface area is 102 Å². The van der Waals surface area contributed by atoms with Gasteiger partial charge in [0, 0.05) is 24.4 Å². The van der Waals surface area contributed by atoms with Crippen LogP contribution in [0.15, 0.2) is 23.0 Å². The molecule has 2 aromatic rings. The van der Waals surface area contributed by atoms with E-state index in [0.29, 0.717) is 10.7 Å². The van der Waals surface area contributed by atoms with Gasteiger partial charge in [0.2, 0.25) is 0 Å². The second kappa shape index (κ2) is 4.31. The predicted molar refractivity (Wildman–Crippen MR) is 64.2 cm³/mol. The molecule has 1 amide bonds. The van der Waals surface area contributed by atoms with E-state index in [1.54, 1.807) is 6.07 Å². The fourth-order valence-electron chi connectivity index (χ4n) is 1.74. The van der Waals surface area contributed by atoms with Crippen LogP contribution in [0.5, 0.6) is 0 Å². The van der Waals surface area contributed by atoms with E-state index in [1.165, 1.54) is 28.7 Å². The van der Waals surface area contributed by atoms with Gasteiger partial charge in [-0.1, -0.05) is 0 Å². The molecule has 0 atom stereocenters. The van der Waals surface area contributed by atoms with Gasteiger partial charge in [-0.15, -0.1) is 11.3 Å². The van der Waals surface area contributed by atoms with Crippen LogP contribution in [0.3, 0.4) is 0 Å². The van der Waals surface area contributed by atoms with Gasteiger partial charge in [0.25, 0.3) is 5.91 Å². The van der Waals surface area contributed by atoms with Crippen molar-refractivity contribution in [2.45, 2.75) is 13.0 Å². The van der Waals surface area contributed by atoms with Crippen molar-refractivity contribution in [3.8, 4) is 0 Å². The van der Waals surface area contributed by atoms with Crippen molar-refractivity contribution in [2.75, 3.05) is 11.9 Å². The summed E-state index contributed by atoms with van der Waals surface area (Å²) in [6.45, 7) is 1.79. The number of hydrogen-bond acceptors (Lipinski definition) is 5. The normalized spacial score (nSPS) is 14.4. The summed E-state index contributed by atoms with van der Waals surface area (Å²) in [6.07, 6.45) is 3.82. The zero-order valence-corrected chi connectivity index (χ0v) is 9.84. The highest BCUT2D eigenvalue weighted by molar-refractivity contribution is 7.15. The first-order valence-corrected chi connectivity index (χ1v) is 6.17. The number of nitrogens with one attached hydrogen (secondary N) is 2. The highest BCUT2D eigenvalue weighted by Gasteiger charge is 2.16. The molecular formula is C11H11N3O2S. The first-order chi connectivity index (χ1) is 8.33. The molecule has 0 spiro atoms. The molecule has 0 fully saturated rings. The largest absolute Gasteiger partial charge is 0.472 e. The number of thiazole rings is 1. The van der Waals surface area contributed by atoms with Crippen LogP contribution in [0.2, 0.25) is 0 Å². The van der Waals surface area contributed by atoms with Gasteiger partial charge in [0.15, 0.2) is 5.13 Å². The van der Waals surface area contributed by atoms with E-state index in [9.17, 15) is 4.79 Å². The molecule has 5 nitrogen and oxygen atoms in total. The Morgan fingerprint density at radius 2 is 2.53 bits per heavy atom. The summed E-state index contributed by atoms with van der Waals surface area (Å²) < 4.78 is 4.87. The molecule has 2 aromatic heterocycles. The monoisotopic (exact) mass is 249 g/mol. The number of furan rings is 1. The van der Waals surface area contributed by atoms with Crippen molar-refractivity contribution in [2.24, 2.45) is 0 Å². The van der Waals surface area contributed by atoms with Crippen LogP contribution in [0.25, 0.3) is 0 Å². The number of carbonyl (C=O) groups is 1. The van der Waals surface area contributed by atoms with Crippen LogP contribution in [-0.2, 0) is 13.0 Å². The SMILES string of the molecule is O=C(Nc1nc2c(s1)CNCC2)c1ccoc1. The van der Waals surface area contributed by atoms with Gasteiger partial charge in [-0.2, -0.15) is 0 Å². The van der Waals surface area contributed by atoms with Crippen LogP contribution in [0.1, 0.15) is 20.9 Å². The fourth-order valence-corrected chi connectivity index (χ4v) is 2.71. The number of amides is 1. The Morgan fingerprint density at radius 1 is 1.59 bits per heavy atom. The quantitative estimate of drug-likeness (QED) is 0.849. The van der Waals surface area contributed by atoms with E-state index in [1.807, 2.05) is 0 Å². The van der Waals surface area contributed by atoms with Gasteiger partial charge in [0.1, 0.15) is 6.26 Å². The lowest BCUT2D eigenvalue weighted by Crippen LogP contribution is -2.22. The van der Waals surface area contributed by atoms with Crippen molar-refractivity contribution in [1.29, 1.82) is 0 Å². The second-order valence-corrected chi connectivity index (χ2v) is 4.87. The van der Waals surface area contributed by atoms with Gasteiger partial charge < -0.3 is 9.73 Å². The number of rotatable bonds is 2. The lowest BCUT2D eigenvalue weighted by atomic mass is 10.2. The van der Waals surface area contributed by atoms with Crippen molar-refractivity contribution in [1.82, 2.24) is 10.3 Å². The van der Waals surface area contributed by atoms with Gasteiger partial charge in [-0.05, 0) is 6.07 Å². The van der Waals surface area contributed by atoms with Gasteiger partial charge in [-0.25, -0.2) is 4.98 Å². The predicted octanol–water partition coefficient (Wildman–Crippen LogP) is 1.63. The third-order valence-corrected chi connectivity index (χ3v) is 3.62. The molecule has 0 aromatic carbocycles. The van der Waals surface area contributed by atoms with Crippen molar-refractivity contribution >= 4 is 22.4 Å². The van der Waals surface area contributed by atoms with Crippen LogP contribution in [0.4, 0.5) is 5.13 Å².